The molecule has 4 unspecified atom stereocenters. The number of ether oxygens (including phenoxy) is 2. The second kappa shape index (κ2) is 9.40. The third kappa shape index (κ3) is 5.24. The Kier molecular flexibility index (Phi) is 7.45. The smallest absolute Gasteiger partial charge is 0.303 e. The summed E-state index contributed by atoms with van der Waals surface area (Å²) in [6.45, 7) is 15.4. The van der Waals surface area contributed by atoms with Gasteiger partial charge in [-0.25, -0.2) is 0 Å². The van der Waals surface area contributed by atoms with E-state index in [4.69, 9.17) is 9.47 Å². The fourth-order valence-corrected chi connectivity index (χ4v) is 4.25. The molecule has 0 aromatic heterocycles. The number of rotatable bonds is 3. The van der Waals surface area contributed by atoms with Crippen LogP contribution in [0, 0.1) is 17.8 Å². The lowest BCUT2D eigenvalue weighted by molar-refractivity contribution is -0.160. The van der Waals surface area contributed by atoms with Gasteiger partial charge >= 0.3 is 11.9 Å². The highest BCUT2D eigenvalue weighted by molar-refractivity contribution is 5.68. The van der Waals surface area contributed by atoms with Crippen molar-refractivity contribution in [3.05, 3.63) is 47.1 Å². The van der Waals surface area contributed by atoms with Crippen LogP contribution in [0.5, 0.6) is 0 Å². The van der Waals surface area contributed by atoms with Gasteiger partial charge in [-0.1, -0.05) is 49.8 Å². The Bertz CT molecular complexity index is 723. The SMILES string of the molecule is C=C1CCC=C(C)C(OC(C)=O)C(OC(C)=O)C(C(C)C)=CC2C(C)=CCC12. The molecule has 0 heterocycles. The third-order valence-corrected chi connectivity index (χ3v) is 5.79. The van der Waals surface area contributed by atoms with Crippen LogP contribution in [-0.4, -0.2) is 24.1 Å². The summed E-state index contributed by atoms with van der Waals surface area (Å²) in [5.74, 6) is -0.0218. The van der Waals surface area contributed by atoms with Crippen molar-refractivity contribution < 1.29 is 19.1 Å². The van der Waals surface area contributed by atoms with Crippen LogP contribution in [0.2, 0.25) is 0 Å². The van der Waals surface area contributed by atoms with E-state index in [1.807, 2.05) is 6.92 Å². The number of allylic oxidation sites excluding steroid dienone is 5. The Hall–Kier alpha value is -2.10. The molecule has 0 saturated carbocycles. The standard InChI is InChI=1S/C24H34O4/c1-14(2)21-13-22-16(4)11-12-20(22)15(3)9-8-10-17(5)23(27-18(6)25)24(21)28-19(7)26/h10-11,13-14,20,22-24H,3,8-9,12H2,1-2,4-7H3. The Morgan fingerprint density at radius 1 is 1.04 bits per heavy atom. The second-order valence-electron chi connectivity index (χ2n) is 8.34. The molecule has 0 aromatic rings. The van der Waals surface area contributed by atoms with Crippen molar-refractivity contribution >= 4 is 11.9 Å². The summed E-state index contributed by atoms with van der Waals surface area (Å²) in [5.41, 5.74) is 4.46. The maximum Gasteiger partial charge on any atom is 0.303 e. The van der Waals surface area contributed by atoms with Crippen molar-refractivity contribution in [3.63, 3.8) is 0 Å². The molecule has 154 valence electrons. The van der Waals surface area contributed by atoms with Crippen molar-refractivity contribution in [1.82, 2.24) is 0 Å². The summed E-state index contributed by atoms with van der Waals surface area (Å²) in [6.07, 6.45) is 8.08. The van der Waals surface area contributed by atoms with E-state index in [2.05, 4.69) is 45.6 Å². The maximum atomic E-state index is 11.9. The van der Waals surface area contributed by atoms with Crippen LogP contribution >= 0.6 is 0 Å². The van der Waals surface area contributed by atoms with Crippen molar-refractivity contribution in [2.75, 3.05) is 0 Å². The maximum absolute atomic E-state index is 11.9. The molecule has 0 amide bonds. The first-order valence-electron chi connectivity index (χ1n) is 10.2. The fraction of sp³-hybridized carbons (Fsp3) is 0.583. The lowest BCUT2D eigenvalue weighted by Gasteiger charge is -2.32. The predicted octanol–water partition coefficient (Wildman–Crippen LogP) is 5.31. The average molecular weight is 387 g/mol. The van der Waals surface area contributed by atoms with Gasteiger partial charge in [0, 0.05) is 19.8 Å². The molecule has 0 bridgehead atoms. The molecule has 4 nitrogen and oxygen atoms in total. The van der Waals surface area contributed by atoms with E-state index in [0.29, 0.717) is 5.92 Å². The summed E-state index contributed by atoms with van der Waals surface area (Å²) < 4.78 is 11.4. The summed E-state index contributed by atoms with van der Waals surface area (Å²) in [6, 6.07) is 0. The molecule has 0 N–H and O–H groups in total. The lowest BCUT2D eigenvalue weighted by atomic mass is 9.81. The first-order chi connectivity index (χ1) is 13.1. The van der Waals surface area contributed by atoms with Crippen LogP contribution in [0.1, 0.15) is 60.8 Å². The highest BCUT2D eigenvalue weighted by atomic mass is 16.6. The second-order valence-corrected chi connectivity index (χ2v) is 8.34. The summed E-state index contributed by atoms with van der Waals surface area (Å²) in [7, 11) is 0. The van der Waals surface area contributed by atoms with Crippen LogP contribution in [0.25, 0.3) is 0 Å². The number of hydrogen-bond acceptors (Lipinski definition) is 4. The molecule has 4 atom stereocenters. The summed E-state index contributed by atoms with van der Waals surface area (Å²) in [4.78, 5) is 23.8. The van der Waals surface area contributed by atoms with E-state index in [9.17, 15) is 9.59 Å². The normalized spacial score (nSPS) is 28.5. The molecule has 0 aromatic carbocycles. The zero-order valence-electron chi connectivity index (χ0n) is 18.1. The number of hydrogen-bond donors (Lipinski definition) is 0. The van der Waals surface area contributed by atoms with E-state index in [1.54, 1.807) is 0 Å². The zero-order valence-corrected chi connectivity index (χ0v) is 18.1. The largest absolute Gasteiger partial charge is 0.454 e. The predicted molar refractivity (Wildman–Crippen MR) is 112 cm³/mol. The number of carbonyl (C=O) groups excluding carboxylic acids is 2. The summed E-state index contributed by atoms with van der Waals surface area (Å²) >= 11 is 0. The Morgan fingerprint density at radius 2 is 1.64 bits per heavy atom. The van der Waals surface area contributed by atoms with Crippen LogP contribution in [0.4, 0.5) is 0 Å². The van der Waals surface area contributed by atoms with Gasteiger partial charge in [-0.05, 0) is 56.1 Å². The Morgan fingerprint density at radius 3 is 2.21 bits per heavy atom. The number of esters is 2. The minimum Gasteiger partial charge on any atom is -0.454 e. The van der Waals surface area contributed by atoms with Gasteiger partial charge in [0.15, 0.2) is 12.2 Å². The number of carbonyl (C=O) groups is 2. The fourth-order valence-electron chi connectivity index (χ4n) is 4.25. The van der Waals surface area contributed by atoms with Crippen LogP contribution in [0.15, 0.2) is 47.1 Å². The van der Waals surface area contributed by atoms with Gasteiger partial charge in [0.25, 0.3) is 0 Å². The first kappa shape index (κ1) is 22.2. The molecule has 28 heavy (non-hydrogen) atoms. The quantitative estimate of drug-likeness (QED) is 0.487. The molecular weight excluding hydrogens is 352 g/mol. The molecule has 0 spiro atoms. The third-order valence-electron chi connectivity index (χ3n) is 5.79. The van der Waals surface area contributed by atoms with Gasteiger partial charge in [0.1, 0.15) is 0 Å². The van der Waals surface area contributed by atoms with E-state index in [0.717, 1.165) is 30.4 Å². The van der Waals surface area contributed by atoms with Gasteiger partial charge in [-0.2, -0.15) is 0 Å². The average Bonchev–Trinajstić information content (AvgIpc) is 2.94. The Labute approximate surface area is 169 Å². The van der Waals surface area contributed by atoms with Gasteiger partial charge in [-0.3, -0.25) is 9.59 Å². The highest BCUT2D eigenvalue weighted by Gasteiger charge is 2.36. The molecule has 0 aliphatic heterocycles. The van der Waals surface area contributed by atoms with Gasteiger partial charge in [-0.15, -0.1) is 0 Å². The molecule has 0 radical (unpaired) electrons. The van der Waals surface area contributed by atoms with Crippen molar-refractivity contribution in [3.8, 4) is 0 Å². The van der Waals surface area contributed by atoms with E-state index in [1.165, 1.54) is 25.0 Å². The molecule has 2 aliphatic rings. The number of fused-ring (bicyclic) bond motifs is 1. The van der Waals surface area contributed by atoms with E-state index >= 15 is 0 Å². The summed E-state index contributed by atoms with van der Waals surface area (Å²) in [5, 5.41) is 0. The van der Waals surface area contributed by atoms with Crippen LogP contribution in [-0.2, 0) is 19.1 Å². The monoisotopic (exact) mass is 386 g/mol. The zero-order chi connectivity index (χ0) is 21.0. The van der Waals surface area contributed by atoms with Crippen LogP contribution in [0.3, 0.4) is 0 Å². The molecule has 4 heteroatoms. The molecular formula is C24H34O4. The molecule has 0 saturated heterocycles. The molecule has 2 rings (SSSR count). The first-order valence-corrected chi connectivity index (χ1v) is 10.2. The van der Waals surface area contributed by atoms with Gasteiger partial charge in [0.05, 0.1) is 0 Å². The minimum absolute atomic E-state index is 0.137. The minimum atomic E-state index is -0.627. The Balaban J connectivity index is 2.63. The van der Waals surface area contributed by atoms with E-state index < -0.39 is 12.2 Å². The molecule has 0 fully saturated rings. The molecule has 2 aliphatic carbocycles. The van der Waals surface area contributed by atoms with Gasteiger partial charge < -0.3 is 9.47 Å². The van der Waals surface area contributed by atoms with Crippen molar-refractivity contribution in [2.45, 2.75) is 73.0 Å². The lowest BCUT2D eigenvalue weighted by Crippen LogP contribution is -2.38. The van der Waals surface area contributed by atoms with Crippen LogP contribution < -0.4 is 0 Å². The van der Waals surface area contributed by atoms with Crippen molar-refractivity contribution in [2.24, 2.45) is 17.8 Å². The van der Waals surface area contributed by atoms with Gasteiger partial charge in [0.2, 0.25) is 0 Å². The van der Waals surface area contributed by atoms with Crippen molar-refractivity contribution in [1.29, 1.82) is 0 Å². The highest BCUT2D eigenvalue weighted by Crippen LogP contribution is 2.41. The topological polar surface area (TPSA) is 52.6 Å². The van der Waals surface area contributed by atoms with E-state index in [-0.39, 0.29) is 23.8 Å².